The molecule has 1 aliphatic heterocycles. The fourth-order valence-electron chi connectivity index (χ4n) is 3.40. The van der Waals surface area contributed by atoms with Crippen molar-refractivity contribution in [1.29, 1.82) is 0 Å². The van der Waals surface area contributed by atoms with Gasteiger partial charge in [0.2, 0.25) is 5.91 Å². The molecular weight excluding hydrogens is 250 g/mol. The predicted octanol–water partition coefficient (Wildman–Crippen LogP) is 2.72. The number of amides is 1. The normalized spacial score (nSPS) is 23.1. The number of imidazole rings is 1. The zero-order chi connectivity index (χ0) is 14.1. The van der Waals surface area contributed by atoms with Gasteiger partial charge in [0, 0.05) is 43.9 Å². The molecule has 0 N–H and O–H groups in total. The molecule has 0 aromatic carbocycles. The van der Waals surface area contributed by atoms with E-state index in [1.54, 1.807) is 0 Å². The molecule has 1 amide bonds. The highest BCUT2D eigenvalue weighted by Gasteiger charge is 2.29. The molecule has 1 saturated heterocycles. The van der Waals surface area contributed by atoms with Crippen LogP contribution in [0, 0.1) is 12.8 Å². The van der Waals surface area contributed by atoms with Crippen molar-refractivity contribution in [3.63, 3.8) is 0 Å². The van der Waals surface area contributed by atoms with E-state index in [2.05, 4.69) is 16.5 Å². The molecule has 2 heterocycles. The van der Waals surface area contributed by atoms with E-state index >= 15 is 0 Å². The van der Waals surface area contributed by atoms with Gasteiger partial charge in [-0.3, -0.25) is 4.79 Å². The van der Waals surface area contributed by atoms with E-state index in [9.17, 15) is 4.79 Å². The van der Waals surface area contributed by atoms with Crippen LogP contribution in [-0.2, 0) is 11.3 Å². The molecule has 110 valence electrons. The molecule has 0 bridgehead atoms. The van der Waals surface area contributed by atoms with E-state index in [-0.39, 0.29) is 0 Å². The third kappa shape index (κ3) is 2.48. The van der Waals surface area contributed by atoms with Gasteiger partial charge in [0.05, 0.1) is 0 Å². The van der Waals surface area contributed by atoms with Gasteiger partial charge in [0.15, 0.2) is 0 Å². The molecule has 0 spiro atoms. The van der Waals surface area contributed by atoms with Gasteiger partial charge in [0.1, 0.15) is 5.82 Å². The number of hydrogen-bond donors (Lipinski definition) is 0. The summed E-state index contributed by atoms with van der Waals surface area (Å²) in [6, 6.07) is 0. The summed E-state index contributed by atoms with van der Waals surface area (Å²) in [6.07, 6.45) is 7.71. The number of nitrogens with zero attached hydrogens (tertiary/aromatic N) is 3. The number of carbonyl (C=O) groups excluding carboxylic acids is 1. The van der Waals surface area contributed by atoms with E-state index in [0.717, 1.165) is 26.1 Å². The zero-order valence-corrected chi connectivity index (χ0v) is 12.6. The topological polar surface area (TPSA) is 38.1 Å². The predicted molar refractivity (Wildman–Crippen MR) is 78.5 cm³/mol. The molecule has 1 saturated carbocycles. The number of rotatable bonds is 4. The first kappa shape index (κ1) is 13.7. The highest BCUT2D eigenvalue weighted by atomic mass is 16.2. The molecule has 2 aliphatic rings. The number of hydrogen-bond acceptors (Lipinski definition) is 2. The molecule has 3 rings (SSSR count). The largest absolute Gasteiger partial charge is 0.342 e. The lowest BCUT2D eigenvalue weighted by Crippen LogP contribution is -2.28. The van der Waals surface area contributed by atoms with Crippen molar-refractivity contribution >= 4 is 5.91 Å². The molecule has 1 atom stereocenters. The maximum atomic E-state index is 11.8. The number of aryl methyl sites for hydroxylation is 1. The lowest BCUT2D eigenvalue weighted by molar-refractivity contribution is -0.129. The molecule has 1 aliphatic carbocycles. The molecule has 1 aromatic heterocycles. The standard InChI is InChI=1S/C16H25N3O/c1-3-15(20)18-8-7-13(10-18)11-19-12(2)9-17-16(19)14-5-4-6-14/h9,13-14H,3-8,10-11H2,1-2H3. The van der Waals surface area contributed by atoms with Crippen molar-refractivity contribution in [3.05, 3.63) is 17.7 Å². The summed E-state index contributed by atoms with van der Waals surface area (Å²) in [5.41, 5.74) is 1.27. The minimum atomic E-state index is 0.300. The molecule has 4 nitrogen and oxygen atoms in total. The maximum Gasteiger partial charge on any atom is 0.222 e. The fourth-order valence-corrected chi connectivity index (χ4v) is 3.40. The molecular formula is C16H25N3O. The van der Waals surface area contributed by atoms with Crippen molar-refractivity contribution in [2.24, 2.45) is 5.92 Å². The Morgan fingerprint density at radius 2 is 2.20 bits per heavy atom. The third-order valence-electron chi connectivity index (χ3n) is 4.94. The summed E-state index contributed by atoms with van der Waals surface area (Å²) < 4.78 is 2.41. The smallest absolute Gasteiger partial charge is 0.222 e. The van der Waals surface area contributed by atoms with Crippen LogP contribution in [0.4, 0.5) is 0 Å². The van der Waals surface area contributed by atoms with Gasteiger partial charge in [0.25, 0.3) is 0 Å². The van der Waals surface area contributed by atoms with Crippen molar-refractivity contribution in [2.75, 3.05) is 13.1 Å². The van der Waals surface area contributed by atoms with E-state index in [0.29, 0.717) is 24.2 Å². The van der Waals surface area contributed by atoms with Crippen LogP contribution in [0.2, 0.25) is 0 Å². The Morgan fingerprint density at radius 1 is 1.40 bits per heavy atom. The monoisotopic (exact) mass is 275 g/mol. The molecule has 4 heteroatoms. The fraction of sp³-hybridized carbons (Fsp3) is 0.750. The Hall–Kier alpha value is -1.32. The highest BCUT2D eigenvalue weighted by Crippen LogP contribution is 2.36. The van der Waals surface area contributed by atoms with Crippen LogP contribution in [0.25, 0.3) is 0 Å². The maximum absolute atomic E-state index is 11.8. The van der Waals surface area contributed by atoms with Gasteiger partial charge < -0.3 is 9.47 Å². The van der Waals surface area contributed by atoms with Gasteiger partial charge in [-0.1, -0.05) is 13.3 Å². The number of likely N-dealkylation sites (tertiary alicyclic amines) is 1. The summed E-state index contributed by atoms with van der Waals surface area (Å²) in [4.78, 5) is 18.4. The average Bonchev–Trinajstić information content (AvgIpc) is 2.98. The van der Waals surface area contributed by atoms with E-state index in [4.69, 9.17) is 0 Å². The van der Waals surface area contributed by atoms with E-state index < -0.39 is 0 Å². The second-order valence-electron chi connectivity index (χ2n) is 6.34. The first-order chi connectivity index (χ1) is 9.69. The Labute approximate surface area is 121 Å². The lowest BCUT2D eigenvalue weighted by atomic mass is 9.84. The van der Waals surface area contributed by atoms with Crippen molar-refractivity contribution in [3.8, 4) is 0 Å². The molecule has 1 unspecified atom stereocenters. The number of carbonyl (C=O) groups is 1. The Bertz CT molecular complexity index is 490. The Morgan fingerprint density at radius 3 is 2.85 bits per heavy atom. The average molecular weight is 275 g/mol. The van der Waals surface area contributed by atoms with Crippen LogP contribution in [-0.4, -0.2) is 33.4 Å². The Kier molecular flexibility index (Phi) is 3.81. The first-order valence-corrected chi connectivity index (χ1v) is 7.98. The first-order valence-electron chi connectivity index (χ1n) is 7.98. The lowest BCUT2D eigenvalue weighted by Gasteiger charge is -2.27. The van der Waals surface area contributed by atoms with Gasteiger partial charge >= 0.3 is 0 Å². The van der Waals surface area contributed by atoms with E-state index in [1.165, 1.54) is 30.8 Å². The van der Waals surface area contributed by atoms with Crippen molar-refractivity contribution in [2.45, 2.75) is 58.4 Å². The Balaban J connectivity index is 1.66. The van der Waals surface area contributed by atoms with Crippen molar-refractivity contribution in [1.82, 2.24) is 14.5 Å². The van der Waals surface area contributed by atoms with Crippen LogP contribution in [0.3, 0.4) is 0 Å². The minimum Gasteiger partial charge on any atom is -0.342 e. The summed E-state index contributed by atoms with van der Waals surface area (Å²) >= 11 is 0. The van der Waals surface area contributed by atoms with Gasteiger partial charge in [-0.2, -0.15) is 0 Å². The third-order valence-corrected chi connectivity index (χ3v) is 4.94. The summed E-state index contributed by atoms with van der Waals surface area (Å²) in [5.74, 6) is 2.86. The summed E-state index contributed by atoms with van der Waals surface area (Å²) in [6.45, 7) is 6.99. The van der Waals surface area contributed by atoms with Crippen LogP contribution in [0.15, 0.2) is 6.20 Å². The van der Waals surface area contributed by atoms with Gasteiger partial charge in [-0.25, -0.2) is 4.98 Å². The van der Waals surface area contributed by atoms with Gasteiger partial charge in [-0.05, 0) is 32.1 Å². The second kappa shape index (κ2) is 5.58. The summed E-state index contributed by atoms with van der Waals surface area (Å²) in [7, 11) is 0. The van der Waals surface area contributed by atoms with Crippen LogP contribution in [0.5, 0.6) is 0 Å². The van der Waals surface area contributed by atoms with Crippen LogP contribution >= 0.6 is 0 Å². The van der Waals surface area contributed by atoms with E-state index in [1.807, 2.05) is 18.0 Å². The summed E-state index contributed by atoms with van der Waals surface area (Å²) in [5, 5.41) is 0. The molecule has 1 aromatic rings. The molecule has 20 heavy (non-hydrogen) atoms. The quantitative estimate of drug-likeness (QED) is 0.847. The molecule has 2 fully saturated rings. The molecule has 0 radical (unpaired) electrons. The second-order valence-corrected chi connectivity index (χ2v) is 6.34. The van der Waals surface area contributed by atoms with Gasteiger partial charge in [-0.15, -0.1) is 0 Å². The highest BCUT2D eigenvalue weighted by molar-refractivity contribution is 5.76. The SMILES string of the molecule is CCC(=O)N1CCC(Cn2c(C)cnc2C2CCC2)C1. The number of aromatic nitrogens is 2. The minimum absolute atomic E-state index is 0.300. The van der Waals surface area contributed by atoms with Crippen LogP contribution < -0.4 is 0 Å². The zero-order valence-electron chi connectivity index (χ0n) is 12.6. The van der Waals surface area contributed by atoms with Crippen molar-refractivity contribution < 1.29 is 4.79 Å². The van der Waals surface area contributed by atoms with Crippen LogP contribution in [0.1, 0.15) is 56.5 Å².